The third-order valence-electron chi connectivity index (χ3n) is 1.65. The van der Waals surface area contributed by atoms with Crippen LogP contribution in [0.1, 0.15) is 12.8 Å². The molecule has 0 bridgehead atoms. The first-order valence-electron chi connectivity index (χ1n) is 3.24. The largest absolute Gasteiger partial charge is 0.481 e. The lowest BCUT2D eigenvalue weighted by molar-refractivity contribution is -0.142. The van der Waals surface area contributed by atoms with Crippen LogP contribution in [0.5, 0.6) is 0 Å². The molecule has 1 atom stereocenters. The van der Waals surface area contributed by atoms with Crippen LogP contribution in [-0.2, 0) is 4.79 Å². The summed E-state index contributed by atoms with van der Waals surface area (Å²) in [6, 6.07) is 0. The van der Waals surface area contributed by atoms with Gasteiger partial charge in [-0.3, -0.25) is 4.79 Å². The Morgan fingerprint density at radius 2 is 2.18 bits per heavy atom. The molecule has 1 aliphatic rings. The van der Waals surface area contributed by atoms with Crippen LogP contribution < -0.4 is 5.32 Å². The van der Waals surface area contributed by atoms with Crippen LogP contribution in [0.2, 0.25) is 0 Å². The average molecular weight is 184 g/mol. The highest BCUT2D eigenvalue weighted by atomic mass is 35.5. The van der Waals surface area contributed by atoms with Crippen LogP contribution >= 0.6 is 12.4 Å². The normalized spacial score (nSPS) is 22.7. The van der Waals surface area contributed by atoms with Gasteiger partial charge in [0, 0.05) is 6.54 Å². The molecule has 0 saturated carbocycles. The third kappa shape index (κ3) is 4.19. The summed E-state index contributed by atoms with van der Waals surface area (Å²) in [4.78, 5) is 10.3. The first-order chi connectivity index (χ1) is 4.30. The van der Waals surface area contributed by atoms with Crippen LogP contribution in [0.4, 0.5) is 0 Å². The second-order valence-corrected chi connectivity index (χ2v) is 2.38. The second kappa shape index (κ2) is 6.39. The summed E-state index contributed by atoms with van der Waals surface area (Å²) in [5.41, 5.74) is 0. The molecule has 11 heavy (non-hydrogen) atoms. The molecule has 1 fully saturated rings. The maximum Gasteiger partial charge on any atom is 0.307 e. The lowest BCUT2D eigenvalue weighted by Crippen LogP contribution is -2.34. The summed E-state index contributed by atoms with van der Waals surface area (Å²) >= 11 is 0. The van der Waals surface area contributed by atoms with Crippen molar-refractivity contribution in [1.29, 1.82) is 0 Å². The van der Waals surface area contributed by atoms with Crippen LogP contribution in [0.3, 0.4) is 0 Å². The Kier molecular flexibility index (Phi) is 7.72. The van der Waals surface area contributed by atoms with Gasteiger partial charge in [-0.25, -0.2) is 0 Å². The summed E-state index contributed by atoms with van der Waals surface area (Å²) < 4.78 is 0. The molecule has 0 spiro atoms. The van der Waals surface area contributed by atoms with Gasteiger partial charge in [-0.15, -0.1) is 12.4 Å². The topological polar surface area (TPSA) is 80.8 Å². The van der Waals surface area contributed by atoms with Gasteiger partial charge in [-0.2, -0.15) is 0 Å². The van der Waals surface area contributed by atoms with E-state index < -0.39 is 5.97 Å². The van der Waals surface area contributed by atoms with Gasteiger partial charge in [0.15, 0.2) is 0 Å². The molecule has 4 N–H and O–H groups in total. The summed E-state index contributed by atoms with van der Waals surface area (Å²) in [7, 11) is 0. The third-order valence-corrected chi connectivity index (χ3v) is 1.65. The van der Waals surface area contributed by atoms with E-state index in [2.05, 4.69) is 5.32 Å². The Labute approximate surface area is 71.7 Å². The lowest BCUT2D eigenvalue weighted by atomic mass is 10.0. The van der Waals surface area contributed by atoms with Gasteiger partial charge in [-0.05, 0) is 19.4 Å². The van der Waals surface area contributed by atoms with Gasteiger partial charge in [0.05, 0.1) is 5.92 Å². The van der Waals surface area contributed by atoms with Crippen molar-refractivity contribution in [3.8, 4) is 0 Å². The number of hydrogen-bond acceptors (Lipinski definition) is 2. The minimum atomic E-state index is -0.665. The molecular formula is C6H14ClNO3. The Balaban J connectivity index is 0. The van der Waals surface area contributed by atoms with Gasteiger partial charge in [0.1, 0.15) is 0 Å². The number of nitrogens with one attached hydrogen (secondary N) is 1. The molecule has 0 aromatic rings. The molecule has 1 rings (SSSR count). The standard InChI is InChI=1S/C6H11NO2.ClH.H2O/c8-6(9)5-2-1-3-7-4-5;;/h5,7H,1-4H2,(H,8,9);1H;1H2. The van der Waals surface area contributed by atoms with Gasteiger partial charge < -0.3 is 15.9 Å². The van der Waals surface area contributed by atoms with Gasteiger partial charge >= 0.3 is 5.97 Å². The molecule has 1 unspecified atom stereocenters. The fraction of sp³-hybridized carbons (Fsp3) is 0.833. The van der Waals surface area contributed by atoms with Crippen LogP contribution in [0, 0.1) is 5.92 Å². The maximum atomic E-state index is 10.3. The molecule has 0 amide bonds. The number of carboxylic acid groups (broad SMARTS) is 1. The zero-order valence-corrected chi connectivity index (χ0v) is 6.99. The number of piperidine rings is 1. The van der Waals surface area contributed by atoms with Crippen molar-refractivity contribution in [2.45, 2.75) is 12.8 Å². The first kappa shape index (κ1) is 13.3. The van der Waals surface area contributed by atoms with Gasteiger partial charge in [0.2, 0.25) is 0 Å². The number of aliphatic carboxylic acids is 1. The molecule has 0 radical (unpaired) electrons. The molecular weight excluding hydrogens is 170 g/mol. The Morgan fingerprint density at radius 1 is 1.55 bits per heavy atom. The quantitative estimate of drug-likeness (QED) is 0.584. The SMILES string of the molecule is Cl.O.O=C(O)C1CCCNC1. The maximum absolute atomic E-state index is 10.3. The van der Waals surface area contributed by atoms with E-state index in [4.69, 9.17) is 5.11 Å². The Morgan fingerprint density at radius 3 is 2.45 bits per heavy atom. The number of hydrogen-bond donors (Lipinski definition) is 2. The van der Waals surface area contributed by atoms with Crippen molar-refractivity contribution in [2.75, 3.05) is 13.1 Å². The molecule has 0 aromatic heterocycles. The molecule has 68 valence electrons. The number of carbonyl (C=O) groups is 1. The van der Waals surface area contributed by atoms with Crippen LogP contribution in [0.25, 0.3) is 0 Å². The van der Waals surface area contributed by atoms with E-state index in [1.165, 1.54) is 0 Å². The zero-order valence-electron chi connectivity index (χ0n) is 6.17. The van der Waals surface area contributed by atoms with Crippen LogP contribution in [0.15, 0.2) is 0 Å². The Hall–Kier alpha value is -0.320. The van der Waals surface area contributed by atoms with Gasteiger partial charge in [-0.1, -0.05) is 0 Å². The Bertz CT molecular complexity index is 114. The van der Waals surface area contributed by atoms with Crippen molar-refractivity contribution >= 4 is 18.4 Å². The lowest BCUT2D eigenvalue weighted by Gasteiger charge is -2.18. The van der Waals surface area contributed by atoms with E-state index >= 15 is 0 Å². The zero-order chi connectivity index (χ0) is 6.69. The predicted molar refractivity (Wildman–Crippen MR) is 44.1 cm³/mol. The number of halogens is 1. The van der Waals surface area contributed by atoms with E-state index in [-0.39, 0.29) is 23.8 Å². The molecule has 1 saturated heterocycles. The fourth-order valence-electron chi connectivity index (χ4n) is 1.06. The smallest absolute Gasteiger partial charge is 0.307 e. The minimum Gasteiger partial charge on any atom is -0.481 e. The molecule has 5 heteroatoms. The average Bonchev–Trinajstić information content (AvgIpc) is 1.90. The van der Waals surface area contributed by atoms with E-state index in [1.54, 1.807) is 0 Å². The summed E-state index contributed by atoms with van der Waals surface area (Å²) in [6.07, 6.45) is 1.83. The van der Waals surface area contributed by atoms with E-state index in [0.717, 1.165) is 19.4 Å². The van der Waals surface area contributed by atoms with E-state index in [0.29, 0.717) is 6.54 Å². The summed E-state index contributed by atoms with van der Waals surface area (Å²) in [5, 5.41) is 11.5. The second-order valence-electron chi connectivity index (χ2n) is 2.38. The molecule has 0 aliphatic carbocycles. The molecule has 1 heterocycles. The number of rotatable bonds is 1. The summed E-state index contributed by atoms with van der Waals surface area (Å²) in [6.45, 7) is 1.62. The van der Waals surface area contributed by atoms with Crippen LogP contribution in [-0.4, -0.2) is 29.6 Å². The molecule has 1 aliphatic heterocycles. The number of carboxylic acids is 1. The minimum absolute atomic E-state index is 0. The van der Waals surface area contributed by atoms with E-state index in [9.17, 15) is 4.79 Å². The highest BCUT2D eigenvalue weighted by Gasteiger charge is 2.18. The van der Waals surface area contributed by atoms with Crippen molar-refractivity contribution < 1.29 is 15.4 Å². The molecule has 4 nitrogen and oxygen atoms in total. The summed E-state index contributed by atoms with van der Waals surface area (Å²) in [5.74, 6) is -0.805. The highest BCUT2D eigenvalue weighted by Crippen LogP contribution is 2.08. The van der Waals surface area contributed by atoms with E-state index in [1.807, 2.05) is 0 Å². The first-order valence-corrected chi connectivity index (χ1v) is 3.24. The monoisotopic (exact) mass is 183 g/mol. The van der Waals surface area contributed by atoms with Crippen molar-refractivity contribution in [3.05, 3.63) is 0 Å². The van der Waals surface area contributed by atoms with Gasteiger partial charge in [0.25, 0.3) is 0 Å². The fourth-order valence-corrected chi connectivity index (χ4v) is 1.06. The highest BCUT2D eigenvalue weighted by molar-refractivity contribution is 5.85. The van der Waals surface area contributed by atoms with Crippen molar-refractivity contribution in [1.82, 2.24) is 5.32 Å². The molecule has 0 aromatic carbocycles. The predicted octanol–water partition coefficient (Wildman–Crippen LogP) is -0.332. The van der Waals surface area contributed by atoms with Crippen molar-refractivity contribution in [3.63, 3.8) is 0 Å². The van der Waals surface area contributed by atoms with Crippen molar-refractivity contribution in [2.24, 2.45) is 5.92 Å².